The summed E-state index contributed by atoms with van der Waals surface area (Å²) >= 11 is 0. The van der Waals surface area contributed by atoms with E-state index in [-0.39, 0.29) is 23.0 Å². The third kappa shape index (κ3) is 3.69. The summed E-state index contributed by atoms with van der Waals surface area (Å²) in [6.07, 6.45) is 6.28. The number of Topliss-reactive ketones (excluding diaryl/α,β-unsaturated/α-hetero) is 1. The second-order valence-corrected chi connectivity index (χ2v) is 6.73. The molecule has 2 aliphatic rings. The number of carbonyl (C=O) groups is 2. The second kappa shape index (κ2) is 7.65. The van der Waals surface area contributed by atoms with Crippen LogP contribution in [-0.2, 0) is 20.7 Å². The van der Waals surface area contributed by atoms with E-state index in [4.69, 9.17) is 4.74 Å². The van der Waals surface area contributed by atoms with Gasteiger partial charge in [0.25, 0.3) is 0 Å². The standard InChI is InChI=1S/C20H24O4/c21-18(15-11-5-2-6-12-15)17-19(22)16(24-20(17)23)13-7-10-14-8-3-1-4-9-14/h1,3-4,8-9,15-16,21H,2,5-7,10-13H2/b18-17-. The Balaban J connectivity index is 1.61. The molecule has 1 heterocycles. The maximum atomic E-state index is 12.5. The fourth-order valence-corrected chi connectivity index (χ4v) is 3.64. The van der Waals surface area contributed by atoms with Gasteiger partial charge < -0.3 is 9.84 Å². The molecule has 4 nitrogen and oxygen atoms in total. The Kier molecular flexibility index (Phi) is 5.34. The zero-order chi connectivity index (χ0) is 16.9. The topological polar surface area (TPSA) is 63.6 Å². The van der Waals surface area contributed by atoms with Crippen LogP contribution in [0.15, 0.2) is 41.7 Å². The predicted octanol–water partition coefficient (Wildman–Crippen LogP) is 3.90. The summed E-state index contributed by atoms with van der Waals surface area (Å²) in [5.41, 5.74) is 1.11. The lowest BCUT2D eigenvalue weighted by molar-refractivity contribution is -0.141. The number of esters is 1. The molecule has 0 spiro atoms. The molecule has 24 heavy (non-hydrogen) atoms. The van der Waals surface area contributed by atoms with E-state index in [1.54, 1.807) is 0 Å². The molecular formula is C20H24O4. The average Bonchev–Trinajstić information content (AvgIpc) is 2.90. The third-order valence-corrected chi connectivity index (χ3v) is 5.01. The van der Waals surface area contributed by atoms with Gasteiger partial charge in [0, 0.05) is 5.92 Å². The van der Waals surface area contributed by atoms with E-state index in [0.29, 0.717) is 6.42 Å². The first kappa shape index (κ1) is 16.7. The Morgan fingerprint density at radius 1 is 1.08 bits per heavy atom. The molecule has 1 aromatic rings. The zero-order valence-electron chi connectivity index (χ0n) is 13.9. The first-order valence-electron chi connectivity index (χ1n) is 8.89. The van der Waals surface area contributed by atoms with Gasteiger partial charge in [-0.3, -0.25) is 4.79 Å². The number of hydrogen-bond acceptors (Lipinski definition) is 4. The molecule has 1 N–H and O–H groups in total. The average molecular weight is 328 g/mol. The number of hydrogen-bond donors (Lipinski definition) is 1. The molecule has 1 aliphatic carbocycles. The molecule has 0 amide bonds. The van der Waals surface area contributed by atoms with Crippen molar-refractivity contribution >= 4 is 11.8 Å². The largest absolute Gasteiger partial charge is 0.511 e. The van der Waals surface area contributed by atoms with Gasteiger partial charge in [-0.05, 0) is 37.7 Å². The van der Waals surface area contributed by atoms with Crippen LogP contribution in [0, 0.1) is 5.92 Å². The molecule has 1 aliphatic heterocycles. The fourth-order valence-electron chi connectivity index (χ4n) is 3.64. The van der Waals surface area contributed by atoms with Gasteiger partial charge in [-0.15, -0.1) is 0 Å². The summed E-state index contributed by atoms with van der Waals surface area (Å²) in [4.78, 5) is 24.5. The van der Waals surface area contributed by atoms with Crippen molar-refractivity contribution in [3.05, 3.63) is 47.2 Å². The van der Waals surface area contributed by atoms with Gasteiger partial charge in [-0.1, -0.05) is 49.6 Å². The number of allylic oxidation sites excluding steroid dienone is 1. The van der Waals surface area contributed by atoms with Crippen LogP contribution in [0.1, 0.15) is 50.5 Å². The molecule has 1 atom stereocenters. The molecule has 1 saturated heterocycles. The Morgan fingerprint density at radius 2 is 1.79 bits per heavy atom. The summed E-state index contributed by atoms with van der Waals surface area (Å²) in [6, 6.07) is 10.0. The number of aliphatic hydroxyl groups excluding tert-OH is 1. The Bertz CT molecular complexity index is 626. The highest BCUT2D eigenvalue weighted by Crippen LogP contribution is 2.33. The van der Waals surface area contributed by atoms with Gasteiger partial charge >= 0.3 is 5.97 Å². The number of cyclic esters (lactones) is 1. The predicted molar refractivity (Wildman–Crippen MR) is 90.5 cm³/mol. The van der Waals surface area contributed by atoms with E-state index in [0.717, 1.165) is 44.9 Å². The first-order chi connectivity index (χ1) is 11.7. The Labute approximate surface area is 142 Å². The number of aryl methyl sites for hydroxylation is 1. The second-order valence-electron chi connectivity index (χ2n) is 6.73. The van der Waals surface area contributed by atoms with Crippen molar-refractivity contribution in [2.24, 2.45) is 5.92 Å². The molecule has 0 bridgehead atoms. The molecule has 1 unspecified atom stereocenters. The van der Waals surface area contributed by atoms with Crippen LogP contribution in [0.4, 0.5) is 0 Å². The minimum Gasteiger partial charge on any atom is -0.511 e. The SMILES string of the molecule is O=C1OC(CCCc2ccccc2)C(=O)/C1=C(/O)C1CCCCC1. The number of benzene rings is 1. The van der Waals surface area contributed by atoms with Gasteiger partial charge in [-0.25, -0.2) is 4.79 Å². The lowest BCUT2D eigenvalue weighted by Gasteiger charge is -2.21. The van der Waals surface area contributed by atoms with E-state index in [2.05, 4.69) is 0 Å². The number of aliphatic hydroxyl groups is 1. The van der Waals surface area contributed by atoms with Crippen molar-refractivity contribution in [3.63, 3.8) is 0 Å². The van der Waals surface area contributed by atoms with Crippen molar-refractivity contribution in [1.82, 2.24) is 0 Å². The Hall–Kier alpha value is -2.10. The molecular weight excluding hydrogens is 304 g/mol. The van der Waals surface area contributed by atoms with Gasteiger partial charge in [0.05, 0.1) is 0 Å². The Morgan fingerprint density at radius 3 is 2.50 bits per heavy atom. The highest BCUT2D eigenvalue weighted by molar-refractivity contribution is 6.23. The maximum Gasteiger partial charge on any atom is 0.346 e. The molecule has 1 aromatic carbocycles. The van der Waals surface area contributed by atoms with E-state index in [9.17, 15) is 14.7 Å². The van der Waals surface area contributed by atoms with Crippen LogP contribution < -0.4 is 0 Å². The van der Waals surface area contributed by atoms with Crippen LogP contribution in [-0.4, -0.2) is 23.0 Å². The monoisotopic (exact) mass is 328 g/mol. The summed E-state index contributed by atoms with van der Waals surface area (Å²) in [6.45, 7) is 0. The van der Waals surface area contributed by atoms with Crippen LogP contribution in [0.25, 0.3) is 0 Å². The quantitative estimate of drug-likeness (QED) is 0.385. The van der Waals surface area contributed by atoms with Crippen molar-refractivity contribution in [2.75, 3.05) is 0 Å². The lowest BCUT2D eigenvalue weighted by atomic mass is 9.85. The summed E-state index contributed by atoms with van der Waals surface area (Å²) in [5.74, 6) is -1.08. The minimum absolute atomic E-state index is 0.0322. The lowest BCUT2D eigenvalue weighted by Crippen LogP contribution is -2.19. The van der Waals surface area contributed by atoms with Crippen LogP contribution in [0.2, 0.25) is 0 Å². The van der Waals surface area contributed by atoms with Gasteiger partial charge in [-0.2, -0.15) is 0 Å². The normalized spacial score (nSPS) is 24.1. The van der Waals surface area contributed by atoms with Gasteiger partial charge in [0.2, 0.25) is 5.78 Å². The van der Waals surface area contributed by atoms with Crippen molar-refractivity contribution in [1.29, 1.82) is 0 Å². The van der Waals surface area contributed by atoms with Crippen LogP contribution in [0.5, 0.6) is 0 Å². The highest BCUT2D eigenvalue weighted by Gasteiger charge is 2.41. The maximum absolute atomic E-state index is 12.5. The summed E-state index contributed by atoms with van der Waals surface area (Å²) in [5, 5.41) is 10.4. The van der Waals surface area contributed by atoms with Crippen molar-refractivity contribution in [3.8, 4) is 0 Å². The molecule has 2 fully saturated rings. The molecule has 3 rings (SSSR count). The molecule has 0 aromatic heterocycles. The van der Waals surface area contributed by atoms with Crippen molar-refractivity contribution < 1.29 is 19.4 Å². The van der Waals surface area contributed by atoms with E-state index < -0.39 is 12.1 Å². The van der Waals surface area contributed by atoms with Crippen LogP contribution in [0.3, 0.4) is 0 Å². The number of carbonyl (C=O) groups excluding carboxylic acids is 2. The summed E-state index contributed by atoms with van der Waals surface area (Å²) in [7, 11) is 0. The van der Waals surface area contributed by atoms with Gasteiger partial charge in [0.15, 0.2) is 6.10 Å². The van der Waals surface area contributed by atoms with E-state index in [1.165, 1.54) is 5.56 Å². The van der Waals surface area contributed by atoms with Crippen molar-refractivity contribution in [2.45, 2.75) is 57.5 Å². The highest BCUT2D eigenvalue weighted by atomic mass is 16.6. The minimum atomic E-state index is -0.734. The number of ketones is 1. The van der Waals surface area contributed by atoms with Crippen LogP contribution >= 0.6 is 0 Å². The molecule has 0 radical (unpaired) electrons. The number of rotatable bonds is 5. The molecule has 128 valence electrons. The zero-order valence-corrected chi connectivity index (χ0v) is 13.9. The fraction of sp³-hybridized carbons (Fsp3) is 0.500. The molecule has 1 saturated carbocycles. The third-order valence-electron chi connectivity index (χ3n) is 5.01. The number of ether oxygens (including phenoxy) is 1. The van der Waals surface area contributed by atoms with Gasteiger partial charge in [0.1, 0.15) is 11.3 Å². The molecule has 4 heteroatoms. The first-order valence-corrected chi connectivity index (χ1v) is 8.89. The van der Waals surface area contributed by atoms with E-state index >= 15 is 0 Å². The smallest absolute Gasteiger partial charge is 0.346 e. The van der Waals surface area contributed by atoms with E-state index in [1.807, 2.05) is 30.3 Å². The summed E-state index contributed by atoms with van der Waals surface area (Å²) < 4.78 is 5.23.